The molecule has 0 spiro atoms. The van der Waals surface area contributed by atoms with Gasteiger partial charge in [-0.2, -0.15) is 0 Å². The van der Waals surface area contributed by atoms with Crippen molar-refractivity contribution in [3.63, 3.8) is 0 Å². The first-order valence-corrected chi connectivity index (χ1v) is 14.0. The Morgan fingerprint density at radius 1 is 0.946 bits per heavy atom. The molecule has 8 heteroatoms. The third-order valence-corrected chi connectivity index (χ3v) is 7.37. The van der Waals surface area contributed by atoms with Gasteiger partial charge in [-0.25, -0.2) is 0 Å². The summed E-state index contributed by atoms with van der Waals surface area (Å²) in [5.74, 6) is 1.02. The second kappa shape index (κ2) is 14.3. The summed E-state index contributed by atoms with van der Waals surface area (Å²) in [5, 5.41) is 4.14. The van der Waals surface area contributed by atoms with Crippen molar-refractivity contribution >= 4 is 46.8 Å². The fourth-order valence-electron chi connectivity index (χ4n) is 3.90. The van der Waals surface area contributed by atoms with E-state index in [-0.39, 0.29) is 30.2 Å². The van der Waals surface area contributed by atoms with Crippen LogP contribution in [0.25, 0.3) is 0 Å². The SMILES string of the molecule is COc1cccc(CN(C(=O)CSCc2c(Cl)cccc2Cl)C(Cc2ccccc2)C(=O)NC(C)C)c1. The Bertz CT molecular complexity index is 1170. The van der Waals surface area contributed by atoms with E-state index in [1.54, 1.807) is 30.2 Å². The van der Waals surface area contributed by atoms with Crippen LogP contribution in [0, 0.1) is 0 Å². The van der Waals surface area contributed by atoms with E-state index < -0.39 is 6.04 Å². The second-order valence-electron chi connectivity index (χ2n) is 8.93. The van der Waals surface area contributed by atoms with Crippen molar-refractivity contribution in [3.05, 3.63) is 99.5 Å². The number of ether oxygens (including phenoxy) is 1. The number of methoxy groups -OCH3 is 1. The predicted octanol–water partition coefficient (Wildman–Crippen LogP) is 6.40. The van der Waals surface area contributed by atoms with Crippen molar-refractivity contribution in [1.29, 1.82) is 0 Å². The Hall–Kier alpha value is -2.67. The van der Waals surface area contributed by atoms with Crippen molar-refractivity contribution in [3.8, 4) is 5.75 Å². The van der Waals surface area contributed by atoms with Crippen LogP contribution in [0.15, 0.2) is 72.8 Å². The minimum Gasteiger partial charge on any atom is -0.497 e. The molecule has 0 aromatic heterocycles. The van der Waals surface area contributed by atoms with Gasteiger partial charge in [-0.1, -0.05) is 71.7 Å². The molecule has 0 aliphatic heterocycles. The summed E-state index contributed by atoms with van der Waals surface area (Å²) in [6.07, 6.45) is 0.399. The highest BCUT2D eigenvalue weighted by Crippen LogP contribution is 2.29. The molecule has 0 heterocycles. The number of nitrogens with zero attached hydrogens (tertiary/aromatic N) is 1. The van der Waals surface area contributed by atoms with E-state index in [1.165, 1.54) is 11.8 Å². The monoisotopic (exact) mass is 558 g/mol. The van der Waals surface area contributed by atoms with E-state index in [4.69, 9.17) is 27.9 Å². The molecule has 1 unspecified atom stereocenters. The summed E-state index contributed by atoms with van der Waals surface area (Å²) in [7, 11) is 1.60. The van der Waals surface area contributed by atoms with Crippen LogP contribution in [-0.4, -0.2) is 41.7 Å². The molecular formula is C29H32Cl2N2O3S. The van der Waals surface area contributed by atoms with Crippen LogP contribution >= 0.6 is 35.0 Å². The molecule has 1 atom stereocenters. The number of nitrogens with one attached hydrogen (secondary N) is 1. The number of amides is 2. The Morgan fingerprint density at radius 2 is 1.59 bits per heavy atom. The van der Waals surface area contributed by atoms with Gasteiger partial charge in [0.2, 0.25) is 11.8 Å². The van der Waals surface area contributed by atoms with E-state index >= 15 is 0 Å². The number of halogens is 2. The molecule has 0 radical (unpaired) electrons. The van der Waals surface area contributed by atoms with Crippen LogP contribution in [0.5, 0.6) is 5.75 Å². The number of hydrogen-bond donors (Lipinski definition) is 1. The summed E-state index contributed by atoms with van der Waals surface area (Å²) < 4.78 is 5.38. The molecule has 0 fully saturated rings. The smallest absolute Gasteiger partial charge is 0.243 e. The first-order chi connectivity index (χ1) is 17.8. The standard InChI is InChI=1S/C29H32Cl2N2O3S/c1-20(2)32-29(35)27(16-21-9-5-4-6-10-21)33(17-22-11-7-12-23(15-22)36-3)28(34)19-37-18-24-25(30)13-8-14-26(24)31/h4-15,20,27H,16-19H2,1-3H3,(H,32,35). The zero-order chi connectivity index (χ0) is 26.8. The Kier molecular flexibility index (Phi) is 11.2. The van der Waals surface area contributed by atoms with Gasteiger partial charge in [-0.15, -0.1) is 11.8 Å². The van der Waals surface area contributed by atoms with Gasteiger partial charge >= 0.3 is 0 Å². The van der Waals surface area contributed by atoms with E-state index in [0.29, 0.717) is 28.0 Å². The van der Waals surface area contributed by atoms with Gasteiger partial charge in [0.1, 0.15) is 11.8 Å². The second-order valence-corrected chi connectivity index (χ2v) is 10.7. The molecule has 3 rings (SSSR count). The number of hydrogen-bond acceptors (Lipinski definition) is 4. The van der Waals surface area contributed by atoms with Gasteiger partial charge in [0.05, 0.1) is 12.9 Å². The molecule has 0 aliphatic rings. The maximum Gasteiger partial charge on any atom is 0.243 e. The summed E-state index contributed by atoms with van der Waals surface area (Å²) in [6, 6.07) is 21.9. The van der Waals surface area contributed by atoms with E-state index in [9.17, 15) is 9.59 Å². The zero-order valence-corrected chi connectivity index (χ0v) is 23.6. The molecule has 196 valence electrons. The quantitative estimate of drug-likeness (QED) is 0.279. The largest absolute Gasteiger partial charge is 0.497 e. The van der Waals surface area contributed by atoms with Crippen LogP contribution < -0.4 is 10.1 Å². The van der Waals surface area contributed by atoms with E-state index in [1.807, 2.05) is 68.4 Å². The van der Waals surface area contributed by atoms with Crippen LogP contribution in [0.1, 0.15) is 30.5 Å². The lowest BCUT2D eigenvalue weighted by molar-refractivity contribution is -0.139. The molecule has 1 N–H and O–H groups in total. The number of carbonyl (C=O) groups excluding carboxylic acids is 2. The third kappa shape index (κ3) is 8.70. The molecule has 0 aliphatic carbocycles. The van der Waals surface area contributed by atoms with Gasteiger partial charge in [0, 0.05) is 34.8 Å². The van der Waals surface area contributed by atoms with E-state index in [0.717, 1.165) is 16.7 Å². The first-order valence-electron chi connectivity index (χ1n) is 12.1. The molecule has 0 saturated carbocycles. The molecular weight excluding hydrogens is 527 g/mol. The summed E-state index contributed by atoms with van der Waals surface area (Å²) in [6.45, 7) is 4.09. The molecule has 2 amide bonds. The average Bonchev–Trinajstić information content (AvgIpc) is 2.88. The summed E-state index contributed by atoms with van der Waals surface area (Å²) in [5.41, 5.74) is 2.65. The highest BCUT2D eigenvalue weighted by Gasteiger charge is 2.30. The fourth-order valence-corrected chi connectivity index (χ4v) is 5.54. The van der Waals surface area contributed by atoms with Crippen molar-refractivity contribution in [2.45, 2.75) is 44.6 Å². The molecule has 3 aromatic carbocycles. The fraction of sp³-hybridized carbons (Fsp3) is 0.310. The topological polar surface area (TPSA) is 58.6 Å². The number of carbonyl (C=O) groups is 2. The van der Waals surface area contributed by atoms with Gasteiger partial charge in [-0.05, 0) is 54.8 Å². The van der Waals surface area contributed by atoms with Gasteiger partial charge in [0.25, 0.3) is 0 Å². The van der Waals surface area contributed by atoms with Crippen molar-refractivity contribution < 1.29 is 14.3 Å². The van der Waals surface area contributed by atoms with Crippen molar-refractivity contribution in [2.24, 2.45) is 0 Å². The number of thioether (sulfide) groups is 1. The number of benzene rings is 3. The lowest BCUT2D eigenvalue weighted by atomic mass is 10.0. The lowest BCUT2D eigenvalue weighted by Crippen LogP contribution is -2.52. The van der Waals surface area contributed by atoms with Crippen LogP contribution in [0.2, 0.25) is 10.0 Å². The minimum atomic E-state index is -0.687. The summed E-state index contributed by atoms with van der Waals surface area (Å²) in [4.78, 5) is 28.8. The normalized spacial score (nSPS) is 11.7. The van der Waals surface area contributed by atoms with Gasteiger partial charge in [-0.3, -0.25) is 9.59 Å². The molecule has 0 saturated heterocycles. The Labute approximate surface area is 233 Å². The first kappa shape index (κ1) is 28.9. The van der Waals surface area contributed by atoms with E-state index in [2.05, 4.69) is 5.32 Å². The van der Waals surface area contributed by atoms with Crippen molar-refractivity contribution in [2.75, 3.05) is 12.9 Å². The molecule has 37 heavy (non-hydrogen) atoms. The van der Waals surface area contributed by atoms with Crippen LogP contribution in [0.3, 0.4) is 0 Å². The summed E-state index contributed by atoms with van der Waals surface area (Å²) >= 11 is 14.1. The lowest BCUT2D eigenvalue weighted by Gasteiger charge is -2.32. The highest BCUT2D eigenvalue weighted by atomic mass is 35.5. The Balaban J connectivity index is 1.88. The number of rotatable bonds is 12. The minimum absolute atomic E-state index is 0.0590. The van der Waals surface area contributed by atoms with Gasteiger partial charge in [0.15, 0.2) is 0 Å². The maximum absolute atomic E-state index is 13.7. The Morgan fingerprint density at radius 3 is 2.24 bits per heavy atom. The van der Waals surface area contributed by atoms with Gasteiger partial charge < -0.3 is 15.0 Å². The third-order valence-electron chi connectivity index (χ3n) is 5.72. The van der Waals surface area contributed by atoms with Crippen molar-refractivity contribution in [1.82, 2.24) is 10.2 Å². The van der Waals surface area contributed by atoms with Crippen LogP contribution in [0.4, 0.5) is 0 Å². The molecule has 0 bridgehead atoms. The predicted molar refractivity (Wildman–Crippen MR) is 153 cm³/mol. The highest BCUT2D eigenvalue weighted by molar-refractivity contribution is 7.99. The zero-order valence-electron chi connectivity index (χ0n) is 21.2. The molecule has 5 nitrogen and oxygen atoms in total. The van der Waals surface area contributed by atoms with Crippen LogP contribution in [-0.2, 0) is 28.3 Å². The maximum atomic E-state index is 13.7. The molecule has 3 aromatic rings. The average molecular weight is 560 g/mol.